The molecule has 0 saturated carbocycles. The lowest BCUT2D eigenvalue weighted by Gasteiger charge is -2.06. The van der Waals surface area contributed by atoms with Crippen LogP contribution in [0.15, 0.2) is 35.1 Å². The summed E-state index contributed by atoms with van der Waals surface area (Å²) in [7, 11) is 0. The number of halogens is 1. The van der Waals surface area contributed by atoms with E-state index in [2.05, 4.69) is 31.2 Å². The van der Waals surface area contributed by atoms with E-state index in [0.717, 1.165) is 11.3 Å². The predicted molar refractivity (Wildman–Crippen MR) is 73.6 cm³/mol. The van der Waals surface area contributed by atoms with Crippen LogP contribution in [0.3, 0.4) is 0 Å². The van der Waals surface area contributed by atoms with Crippen molar-refractivity contribution in [2.24, 2.45) is 0 Å². The van der Waals surface area contributed by atoms with Gasteiger partial charge in [0.15, 0.2) is 0 Å². The zero-order valence-electron chi connectivity index (χ0n) is 10.1. The van der Waals surface area contributed by atoms with Crippen molar-refractivity contribution in [3.05, 3.63) is 51.9 Å². The van der Waals surface area contributed by atoms with Gasteiger partial charge in [-0.2, -0.15) is 0 Å². The first kappa shape index (κ1) is 12.7. The molecule has 0 radical (unpaired) electrons. The van der Waals surface area contributed by atoms with E-state index in [1.165, 1.54) is 6.20 Å². The van der Waals surface area contributed by atoms with Crippen LogP contribution in [0.25, 0.3) is 0 Å². The number of nitrogens with one attached hydrogen (secondary N) is 1. The van der Waals surface area contributed by atoms with E-state index in [1.54, 1.807) is 12.1 Å². The molecular formula is C13H12BrN3O. The van der Waals surface area contributed by atoms with Crippen molar-refractivity contribution in [3.63, 3.8) is 0 Å². The van der Waals surface area contributed by atoms with Gasteiger partial charge in [-0.05, 0) is 59.6 Å². The third kappa shape index (κ3) is 3.13. The van der Waals surface area contributed by atoms with Crippen LogP contribution in [0.5, 0.6) is 0 Å². The Kier molecular flexibility index (Phi) is 3.72. The van der Waals surface area contributed by atoms with Crippen molar-refractivity contribution in [3.8, 4) is 0 Å². The fraction of sp³-hybridized carbons (Fsp3) is 0.154. The molecule has 0 atom stereocenters. The average molecular weight is 306 g/mol. The molecule has 4 nitrogen and oxygen atoms in total. The summed E-state index contributed by atoms with van der Waals surface area (Å²) in [5.41, 5.74) is 2.44. The normalized spacial score (nSPS) is 10.2. The third-order valence-corrected chi connectivity index (χ3v) is 2.80. The number of carbonyl (C=O) groups excluding carboxylic acids is 1. The molecule has 5 heteroatoms. The lowest BCUT2D eigenvalue weighted by Crippen LogP contribution is -2.13. The van der Waals surface area contributed by atoms with Crippen LogP contribution in [-0.4, -0.2) is 15.9 Å². The van der Waals surface area contributed by atoms with Gasteiger partial charge in [-0.15, -0.1) is 0 Å². The highest BCUT2D eigenvalue weighted by atomic mass is 79.9. The molecule has 1 amide bonds. The smallest absolute Gasteiger partial charge is 0.258 e. The van der Waals surface area contributed by atoms with Gasteiger partial charge in [-0.3, -0.25) is 4.79 Å². The Morgan fingerprint density at radius 2 is 2.06 bits per heavy atom. The molecule has 0 spiro atoms. The van der Waals surface area contributed by atoms with Crippen LogP contribution >= 0.6 is 15.9 Å². The second-order valence-electron chi connectivity index (χ2n) is 3.99. The number of hydrogen-bond donors (Lipinski definition) is 1. The van der Waals surface area contributed by atoms with E-state index >= 15 is 0 Å². The standard InChI is InChI=1S/C13H12BrN3O/c1-8-5-9(2)16-12(6-8)17-13(18)10-3-4-11(14)15-7-10/h3-7H,1-2H3,(H,16,17,18). The van der Waals surface area contributed by atoms with E-state index in [1.807, 2.05) is 26.0 Å². The molecule has 0 unspecified atom stereocenters. The fourth-order valence-electron chi connectivity index (χ4n) is 1.60. The third-order valence-electron chi connectivity index (χ3n) is 2.33. The molecule has 0 saturated heterocycles. The Hall–Kier alpha value is -1.75. The number of rotatable bonds is 2. The number of aryl methyl sites for hydroxylation is 2. The number of pyridine rings is 2. The van der Waals surface area contributed by atoms with Crippen LogP contribution < -0.4 is 5.32 Å². The van der Waals surface area contributed by atoms with E-state index < -0.39 is 0 Å². The summed E-state index contributed by atoms with van der Waals surface area (Å²) >= 11 is 3.23. The lowest BCUT2D eigenvalue weighted by molar-refractivity contribution is 0.102. The van der Waals surface area contributed by atoms with Crippen molar-refractivity contribution in [2.75, 3.05) is 5.32 Å². The summed E-state index contributed by atoms with van der Waals surface area (Å²) < 4.78 is 0.698. The zero-order chi connectivity index (χ0) is 13.1. The number of carbonyl (C=O) groups is 1. The van der Waals surface area contributed by atoms with Crippen molar-refractivity contribution < 1.29 is 4.79 Å². The molecule has 18 heavy (non-hydrogen) atoms. The van der Waals surface area contributed by atoms with E-state index in [4.69, 9.17) is 0 Å². The van der Waals surface area contributed by atoms with Crippen molar-refractivity contribution in [1.29, 1.82) is 0 Å². The fourth-order valence-corrected chi connectivity index (χ4v) is 1.84. The van der Waals surface area contributed by atoms with Gasteiger partial charge in [-0.1, -0.05) is 0 Å². The summed E-state index contributed by atoms with van der Waals surface area (Å²) in [6, 6.07) is 7.22. The maximum absolute atomic E-state index is 11.9. The minimum Gasteiger partial charge on any atom is -0.306 e. The van der Waals surface area contributed by atoms with Gasteiger partial charge >= 0.3 is 0 Å². The highest BCUT2D eigenvalue weighted by Crippen LogP contribution is 2.11. The summed E-state index contributed by atoms with van der Waals surface area (Å²) in [4.78, 5) is 20.2. The first-order valence-corrected chi connectivity index (χ1v) is 6.22. The van der Waals surface area contributed by atoms with Crippen LogP contribution in [-0.2, 0) is 0 Å². The molecule has 0 aliphatic heterocycles. The number of nitrogens with zero attached hydrogens (tertiary/aromatic N) is 2. The molecular weight excluding hydrogens is 294 g/mol. The molecule has 0 bridgehead atoms. The molecule has 2 heterocycles. The highest BCUT2D eigenvalue weighted by Gasteiger charge is 2.07. The molecule has 92 valence electrons. The van der Waals surface area contributed by atoms with E-state index in [0.29, 0.717) is 16.0 Å². The molecule has 0 aliphatic rings. The first-order chi connectivity index (χ1) is 8.54. The monoisotopic (exact) mass is 305 g/mol. The van der Waals surface area contributed by atoms with Gasteiger partial charge in [0.05, 0.1) is 5.56 Å². The largest absolute Gasteiger partial charge is 0.306 e. The molecule has 2 rings (SSSR count). The van der Waals surface area contributed by atoms with E-state index in [9.17, 15) is 4.79 Å². The first-order valence-electron chi connectivity index (χ1n) is 5.43. The number of amides is 1. The van der Waals surface area contributed by atoms with Gasteiger partial charge in [0.1, 0.15) is 10.4 Å². The van der Waals surface area contributed by atoms with Gasteiger partial charge in [0.25, 0.3) is 5.91 Å². The minimum absolute atomic E-state index is 0.215. The number of hydrogen-bond acceptors (Lipinski definition) is 3. The maximum Gasteiger partial charge on any atom is 0.258 e. The minimum atomic E-state index is -0.215. The Balaban J connectivity index is 2.18. The Bertz CT molecular complexity index is 561. The SMILES string of the molecule is Cc1cc(C)nc(NC(=O)c2ccc(Br)nc2)c1. The summed E-state index contributed by atoms with van der Waals surface area (Å²) in [6.45, 7) is 3.86. The van der Waals surface area contributed by atoms with Crippen molar-refractivity contribution >= 4 is 27.7 Å². The van der Waals surface area contributed by atoms with Crippen LogP contribution in [0, 0.1) is 13.8 Å². The van der Waals surface area contributed by atoms with Gasteiger partial charge in [0, 0.05) is 11.9 Å². The Morgan fingerprint density at radius 3 is 2.67 bits per heavy atom. The number of anilines is 1. The van der Waals surface area contributed by atoms with Crippen LogP contribution in [0.2, 0.25) is 0 Å². The molecule has 2 aromatic heterocycles. The van der Waals surface area contributed by atoms with Crippen molar-refractivity contribution in [2.45, 2.75) is 13.8 Å². The van der Waals surface area contributed by atoms with Gasteiger partial charge in [0.2, 0.25) is 0 Å². The molecule has 0 aliphatic carbocycles. The predicted octanol–water partition coefficient (Wildman–Crippen LogP) is 3.11. The molecule has 1 N–H and O–H groups in total. The Morgan fingerprint density at radius 1 is 1.28 bits per heavy atom. The second-order valence-corrected chi connectivity index (χ2v) is 4.81. The number of aromatic nitrogens is 2. The Labute approximate surface area is 114 Å². The van der Waals surface area contributed by atoms with Crippen LogP contribution in [0.4, 0.5) is 5.82 Å². The summed E-state index contributed by atoms with van der Waals surface area (Å²) in [5, 5.41) is 2.75. The van der Waals surface area contributed by atoms with Crippen molar-refractivity contribution in [1.82, 2.24) is 9.97 Å². The molecule has 0 fully saturated rings. The second kappa shape index (κ2) is 5.27. The quantitative estimate of drug-likeness (QED) is 0.867. The topological polar surface area (TPSA) is 54.9 Å². The average Bonchev–Trinajstić information content (AvgIpc) is 2.28. The molecule has 0 aromatic carbocycles. The van der Waals surface area contributed by atoms with Crippen LogP contribution in [0.1, 0.15) is 21.6 Å². The zero-order valence-corrected chi connectivity index (χ0v) is 11.7. The highest BCUT2D eigenvalue weighted by molar-refractivity contribution is 9.10. The van der Waals surface area contributed by atoms with E-state index in [-0.39, 0.29) is 5.91 Å². The molecule has 2 aromatic rings. The summed E-state index contributed by atoms with van der Waals surface area (Å²) in [6.07, 6.45) is 1.52. The lowest BCUT2D eigenvalue weighted by atomic mass is 10.2. The van der Waals surface area contributed by atoms with Gasteiger partial charge in [-0.25, -0.2) is 9.97 Å². The van der Waals surface area contributed by atoms with Gasteiger partial charge < -0.3 is 5.32 Å². The maximum atomic E-state index is 11.9. The summed E-state index contributed by atoms with van der Waals surface area (Å²) in [5.74, 6) is 0.341.